The molecule has 8 nitrogen and oxygen atoms in total. The molecule has 2 aromatic carbocycles. The summed E-state index contributed by atoms with van der Waals surface area (Å²) < 4.78 is 5.21. The van der Waals surface area contributed by atoms with Crippen LogP contribution in [0.25, 0.3) is 0 Å². The van der Waals surface area contributed by atoms with Crippen molar-refractivity contribution >= 4 is 17.3 Å². The fraction of sp³-hybridized carbons (Fsp3) is 0.435. The van der Waals surface area contributed by atoms with Crippen LogP contribution in [0.3, 0.4) is 0 Å². The van der Waals surface area contributed by atoms with Crippen LogP contribution in [0.4, 0.5) is 11.4 Å². The second-order valence-electron chi connectivity index (χ2n) is 7.97. The molecular weight excluding hydrogens is 396 g/mol. The molecule has 8 heteroatoms. The van der Waals surface area contributed by atoms with Crippen LogP contribution in [0.1, 0.15) is 41.2 Å². The van der Waals surface area contributed by atoms with E-state index in [-0.39, 0.29) is 17.6 Å². The molecule has 0 radical (unpaired) electrons. The molecule has 1 fully saturated rings. The summed E-state index contributed by atoms with van der Waals surface area (Å²) in [6, 6.07) is 12.4. The second kappa shape index (κ2) is 10.3. The number of hydrogen-bond donors (Lipinski definition) is 1. The van der Waals surface area contributed by atoms with Gasteiger partial charge in [-0.25, -0.2) is 0 Å². The number of anilines is 1. The van der Waals surface area contributed by atoms with E-state index in [0.717, 1.165) is 43.7 Å². The minimum absolute atomic E-state index is 0.0196. The maximum Gasteiger partial charge on any atom is 0.293 e. The lowest BCUT2D eigenvalue weighted by atomic mass is 10.0. The molecule has 0 aromatic heterocycles. The Morgan fingerprint density at radius 3 is 2.42 bits per heavy atom. The van der Waals surface area contributed by atoms with Crippen LogP contribution in [0.5, 0.6) is 5.75 Å². The molecule has 0 bridgehead atoms. The standard InChI is InChI=1S/C23H30N4O4/c1-25(2)22(17-7-10-19(31-3)11-8-17)16-24-23(28)18-9-12-20(21(15-18)27(29)30)26-13-5-4-6-14-26/h7-12,15,22H,4-6,13-14,16H2,1-3H3,(H,24,28)/t22-/m1/s1. The summed E-state index contributed by atoms with van der Waals surface area (Å²) in [5, 5.41) is 14.6. The monoisotopic (exact) mass is 426 g/mol. The number of ether oxygens (including phenoxy) is 1. The number of piperidine rings is 1. The lowest BCUT2D eigenvalue weighted by Crippen LogP contribution is -2.34. The first-order chi connectivity index (χ1) is 14.9. The van der Waals surface area contributed by atoms with Gasteiger partial charge in [-0.05, 0) is 63.2 Å². The molecule has 1 N–H and O–H groups in total. The number of carbonyl (C=O) groups excluding carboxylic acids is 1. The maximum absolute atomic E-state index is 12.8. The predicted octanol–water partition coefficient (Wildman–Crippen LogP) is 3.63. The third kappa shape index (κ3) is 5.52. The van der Waals surface area contributed by atoms with Gasteiger partial charge in [0, 0.05) is 31.3 Å². The van der Waals surface area contributed by atoms with E-state index in [9.17, 15) is 14.9 Å². The lowest BCUT2D eigenvalue weighted by molar-refractivity contribution is -0.384. The van der Waals surface area contributed by atoms with E-state index in [2.05, 4.69) is 5.32 Å². The quantitative estimate of drug-likeness (QED) is 0.512. The number of nitro benzene ring substituents is 1. The van der Waals surface area contributed by atoms with Gasteiger partial charge in [-0.1, -0.05) is 12.1 Å². The van der Waals surface area contributed by atoms with Crippen molar-refractivity contribution in [2.75, 3.05) is 45.7 Å². The smallest absolute Gasteiger partial charge is 0.293 e. The van der Waals surface area contributed by atoms with E-state index >= 15 is 0 Å². The Morgan fingerprint density at radius 1 is 1.16 bits per heavy atom. The lowest BCUT2D eigenvalue weighted by Gasteiger charge is -2.28. The Morgan fingerprint density at radius 2 is 1.84 bits per heavy atom. The van der Waals surface area contributed by atoms with E-state index < -0.39 is 4.92 Å². The molecule has 1 saturated heterocycles. The van der Waals surface area contributed by atoms with Crippen molar-refractivity contribution in [1.82, 2.24) is 10.2 Å². The van der Waals surface area contributed by atoms with Gasteiger partial charge in [-0.15, -0.1) is 0 Å². The van der Waals surface area contributed by atoms with Gasteiger partial charge in [-0.3, -0.25) is 14.9 Å². The number of rotatable bonds is 8. The number of nitro groups is 1. The molecule has 0 aliphatic carbocycles. The van der Waals surface area contributed by atoms with E-state index in [1.165, 1.54) is 6.07 Å². The zero-order chi connectivity index (χ0) is 22.4. The van der Waals surface area contributed by atoms with Crippen LogP contribution in [-0.4, -0.2) is 56.6 Å². The van der Waals surface area contributed by atoms with Crippen LogP contribution in [0, 0.1) is 10.1 Å². The highest BCUT2D eigenvalue weighted by Gasteiger charge is 2.23. The summed E-state index contributed by atoms with van der Waals surface area (Å²) >= 11 is 0. The summed E-state index contributed by atoms with van der Waals surface area (Å²) in [6.45, 7) is 1.98. The predicted molar refractivity (Wildman–Crippen MR) is 121 cm³/mol. The van der Waals surface area contributed by atoms with Gasteiger partial charge in [-0.2, -0.15) is 0 Å². The number of likely N-dealkylation sites (N-methyl/N-ethyl adjacent to an activating group) is 1. The van der Waals surface area contributed by atoms with Gasteiger partial charge in [0.15, 0.2) is 0 Å². The van der Waals surface area contributed by atoms with Crippen LogP contribution in [0.15, 0.2) is 42.5 Å². The highest BCUT2D eigenvalue weighted by molar-refractivity contribution is 5.95. The first kappa shape index (κ1) is 22.6. The third-order valence-corrected chi connectivity index (χ3v) is 5.71. The van der Waals surface area contributed by atoms with Crippen molar-refractivity contribution in [1.29, 1.82) is 0 Å². The van der Waals surface area contributed by atoms with E-state index in [4.69, 9.17) is 4.74 Å². The average molecular weight is 427 g/mol. The fourth-order valence-corrected chi connectivity index (χ4v) is 3.93. The summed E-state index contributed by atoms with van der Waals surface area (Å²) in [7, 11) is 5.51. The van der Waals surface area contributed by atoms with Gasteiger partial charge >= 0.3 is 0 Å². The molecular formula is C23H30N4O4. The second-order valence-corrected chi connectivity index (χ2v) is 7.97. The number of nitrogens with zero attached hydrogens (tertiary/aromatic N) is 3. The molecule has 1 aliphatic heterocycles. The van der Waals surface area contributed by atoms with Crippen molar-refractivity contribution in [3.8, 4) is 5.75 Å². The van der Waals surface area contributed by atoms with Crippen LogP contribution >= 0.6 is 0 Å². The largest absolute Gasteiger partial charge is 0.497 e. The van der Waals surface area contributed by atoms with E-state index in [0.29, 0.717) is 17.8 Å². The number of benzene rings is 2. The fourth-order valence-electron chi connectivity index (χ4n) is 3.93. The number of nitrogens with one attached hydrogen (secondary N) is 1. The van der Waals surface area contributed by atoms with Gasteiger partial charge in [0.05, 0.1) is 18.1 Å². The Balaban J connectivity index is 1.73. The first-order valence-electron chi connectivity index (χ1n) is 10.5. The SMILES string of the molecule is COc1ccc([C@@H](CNC(=O)c2ccc(N3CCCCC3)c([N+](=O)[O-])c2)N(C)C)cc1. The van der Waals surface area contributed by atoms with Gasteiger partial charge < -0.3 is 19.9 Å². The van der Waals surface area contributed by atoms with Crippen molar-refractivity contribution in [3.05, 3.63) is 63.7 Å². The molecule has 1 atom stereocenters. The summed E-state index contributed by atoms with van der Waals surface area (Å²) in [4.78, 5) is 28.1. The Hall–Kier alpha value is -3.13. The van der Waals surface area contributed by atoms with Crippen molar-refractivity contribution in [2.45, 2.75) is 25.3 Å². The molecule has 1 aliphatic rings. The topological polar surface area (TPSA) is 87.9 Å². The van der Waals surface area contributed by atoms with Gasteiger partial charge in [0.1, 0.15) is 11.4 Å². The molecule has 2 aromatic rings. The Bertz CT molecular complexity index is 908. The van der Waals surface area contributed by atoms with Crippen molar-refractivity contribution in [2.24, 2.45) is 0 Å². The molecule has 1 heterocycles. The Kier molecular flexibility index (Phi) is 7.46. The van der Waals surface area contributed by atoms with E-state index in [1.807, 2.05) is 48.2 Å². The number of amides is 1. The molecule has 31 heavy (non-hydrogen) atoms. The van der Waals surface area contributed by atoms with Crippen LogP contribution in [-0.2, 0) is 0 Å². The van der Waals surface area contributed by atoms with Gasteiger partial charge in [0.2, 0.25) is 0 Å². The Labute approximate surface area is 182 Å². The number of carbonyl (C=O) groups is 1. The minimum Gasteiger partial charge on any atom is -0.497 e. The van der Waals surface area contributed by atoms with Crippen LogP contribution < -0.4 is 15.0 Å². The van der Waals surface area contributed by atoms with Crippen LogP contribution in [0.2, 0.25) is 0 Å². The summed E-state index contributed by atoms with van der Waals surface area (Å²) in [6.07, 6.45) is 3.19. The molecule has 0 spiro atoms. The molecule has 166 valence electrons. The zero-order valence-corrected chi connectivity index (χ0v) is 18.3. The zero-order valence-electron chi connectivity index (χ0n) is 18.3. The number of hydrogen-bond acceptors (Lipinski definition) is 6. The normalized spacial score (nSPS) is 14.9. The molecule has 1 amide bonds. The van der Waals surface area contributed by atoms with Gasteiger partial charge in [0.25, 0.3) is 11.6 Å². The number of methoxy groups -OCH3 is 1. The maximum atomic E-state index is 12.8. The van der Waals surface area contributed by atoms with Crippen molar-refractivity contribution in [3.63, 3.8) is 0 Å². The first-order valence-corrected chi connectivity index (χ1v) is 10.5. The van der Waals surface area contributed by atoms with E-state index in [1.54, 1.807) is 19.2 Å². The van der Waals surface area contributed by atoms with Crippen molar-refractivity contribution < 1.29 is 14.5 Å². The molecule has 0 unspecified atom stereocenters. The average Bonchev–Trinajstić information content (AvgIpc) is 2.79. The third-order valence-electron chi connectivity index (χ3n) is 5.71. The summed E-state index contributed by atoms with van der Waals surface area (Å²) in [5.41, 5.74) is 1.90. The highest BCUT2D eigenvalue weighted by Crippen LogP contribution is 2.31. The molecule has 3 rings (SSSR count). The highest BCUT2D eigenvalue weighted by atomic mass is 16.6. The molecule has 0 saturated carbocycles. The summed E-state index contributed by atoms with van der Waals surface area (Å²) in [5.74, 6) is 0.444. The minimum atomic E-state index is -0.402.